The molecule has 4 nitrogen and oxygen atoms in total. The zero-order valence-corrected chi connectivity index (χ0v) is 13.5. The molecule has 0 radical (unpaired) electrons. The quantitative estimate of drug-likeness (QED) is 0.833. The van der Waals surface area contributed by atoms with E-state index in [9.17, 15) is 0 Å². The van der Waals surface area contributed by atoms with E-state index in [0.29, 0.717) is 11.9 Å². The van der Waals surface area contributed by atoms with Crippen LogP contribution in [0.1, 0.15) is 38.1 Å². The van der Waals surface area contributed by atoms with Gasteiger partial charge in [-0.15, -0.1) is 0 Å². The summed E-state index contributed by atoms with van der Waals surface area (Å²) >= 11 is 1.88. The van der Waals surface area contributed by atoms with Crippen molar-refractivity contribution >= 4 is 23.4 Å². The molecule has 1 unspecified atom stereocenters. The maximum atomic E-state index is 6.01. The number of aromatic nitrogens is 2. The van der Waals surface area contributed by atoms with Gasteiger partial charge in [0.1, 0.15) is 17.5 Å². The molecule has 1 aromatic heterocycles. The first-order valence-electron chi connectivity index (χ1n) is 6.86. The van der Waals surface area contributed by atoms with Crippen molar-refractivity contribution in [2.24, 2.45) is 0 Å². The highest BCUT2D eigenvalue weighted by Gasteiger charge is 2.16. The van der Waals surface area contributed by atoms with Crippen LogP contribution < -0.4 is 10.6 Å². The van der Waals surface area contributed by atoms with E-state index >= 15 is 0 Å². The summed E-state index contributed by atoms with van der Waals surface area (Å²) in [4.78, 5) is 11.3. The molecule has 5 heteroatoms. The molecule has 0 spiro atoms. The average Bonchev–Trinajstić information content (AvgIpc) is 2.39. The minimum atomic E-state index is 0.454. The van der Waals surface area contributed by atoms with Crippen molar-refractivity contribution in [3.63, 3.8) is 0 Å². The van der Waals surface area contributed by atoms with Crippen LogP contribution in [-0.4, -0.2) is 35.1 Å². The number of anilines is 2. The second kappa shape index (κ2) is 7.58. The molecule has 0 aliphatic carbocycles. The topological polar surface area (TPSA) is 55.0 Å². The molecular formula is C14H26N4S. The van der Waals surface area contributed by atoms with Crippen LogP contribution in [-0.2, 0) is 6.42 Å². The molecule has 108 valence electrons. The normalized spacial score (nSPS) is 12.5. The van der Waals surface area contributed by atoms with Gasteiger partial charge in [-0.05, 0) is 38.7 Å². The van der Waals surface area contributed by atoms with E-state index in [4.69, 9.17) is 5.73 Å². The molecule has 0 aliphatic rings. The largest absolute Gasteiger partial charge is 0.383 e. The summed E-state index contributed by atoms with van der Waals surface area (Å²) in [7, 11) is 2.09. The van der Waals surface area contributed by atoms with E-state index in [2.05, 4.69) is 42.0 Å². The van der Waals surface area contributed by atoms with E-state index in [-0.39, 0.29) is 0 Å². The molecule has 1 atom stereocenters. The Bertz CT molecular complexity index is 409. The smallest absolute Gasteiger partial charge is 0.137 e. The van der Waals surface area contributed by atoms with Gasteiger partial charge in [-0.3, -0.25) is 0 Å². The lowest BCUT2D eigenvalue weighted by molar-refractivity contribution is 0.656. The van der Waals surface area contributed by atoms with Gasteiger partial charge in [-0.2, -0.15) is 11.8 Å². The molecule has 0 saturated carbocycles. The number of aryl methyl sites for hydroxylation is 1. The highest BCUT2D eigenvalue weighted by atomic mass is 32.2. The number of hydrogen-bond donors (Lipinski definition) is 1. The van der Waals surface area contributed by atoms with Crippen LogP contribution >= 0.6 is 11.8 Å². The Morgan fingerprint density at radius 2 is 2.05 bits per heavy atom. The zero-order chi connectivity index (χ0) is 14.4. The monoisotopic (exact) mass is 282 g/mol. The second-order valence-electron chi connectivity index (χ2n) is 4.97. The van der Waals surface area contributed by atoms with Gasteiger partial charge >= 0.3 is 0 Å². The summed E-state index contributed by atoms with van der Waals surface area (Å²) < 4.78 is 0. The summed E-state index contributed by atoms with van der Waals surface area (Å²) in [6, 6.07) is 0.454. The number of rotatable bonds is 7. The number of hydrogen-bond acceptors (Lipinski definition) is 5. The fraction of sp³-hybridized carbons (Fsp3) is 0.714. The third kappa shape index (κ3) is 4.27. The Morgan fingerprint density at radius 3 is 2.63 bits per heavy atom. The molecule has 1 aromatic rings. The van der Waals surface area contributed by atoms with E-state index in [0.717, 1.165) is 42.2 Å². The molecule has 0 bridgehead atoms. The predicted molar refractivity (Wildman–Crippen MR) is 86.0 cm³/mol. The highest BCUT2D eigenvalue weighted by molar-refractivity contribution is 7.98. The van der Waals surface area contributed by atoms with Crippen molar-refractivity contribution < 1.29 is 0 Å². The van der Waals surface area contributed by atoms with Crippen LogP contribution in [0.3, 0.4) is 0 Å². The summed E-state index contributed by atoms with van der Waals surface area (Å²) in [6.45, 7) is 6.36. The van der Waals surface area contributed by atoms with Gasteiger partial charge in [-0.25, -0.2) is 9.97 Å². The third-order valence-electron chi connectivity index (χ3n) is 3.41. The fourth-order valence-electron chi connectivity index (χ4n) is 1.94. The van der Waals surface area contributed by atoms with Gasteiger partial charge in [-0.1, -0.05) is 6.92 Å². The molecule has 1 heterocycles. The molecule has 0 aliphatic heterocycles. The maximum absolute atomic E-state index is 6.01. The standard InChI is InChI=1S/C14H26N4S/c1-6-7-12-16-13(15)11(3)14(17-12)18(4)10(2)8-9-19-5/h10H,6-9H2,1-5H3,(H2,15,16,17). The number of thioether (sulfide) groups is 1. The van der Waals surface area contributed by atoms with E-state index in [1.165, 1.54) is 0 Å². The van der Waals surface area contributed by atoms with Crippen LogP contribution in [0.2, 0.25) is 0 Å². The predicted octanol–water partition coefficient (Wildman–Crippen LogP) is 2.90. The van der Waals surface area contributed by atoms with Crippen LogP contribution in [0.5, 0.6) is 0 Å². The van der Waals surface area contributed by atoms with Crippen LogP contribution in [0.15, 0.2) is 0 Å². The summed E-state index contributed by atoms with van der Waals surface area (Å²) in [5, 5.41) is 0. The Hall–Kier alpha value is -0.970. The summed E-state index contributed by atoms with van der Waals surface area (Å²) in [5.41, 5.74) is 6.99. The van der Waals surface area contributed by atoms with Gasteiger partial charge in [0.15, 0.2) is 0 Å². The average molecular weight is 282 g/mol. The Morgan fingerprint density at radius 1 is 1.37 bits per heavy atom. The van der Waals surface area contributed by atoms with Crippen molar-refractivity contribution in [2.75, 3.05) is 29.7 Å². The first-order valence-corrected chi connectivity index (χ1v) is 8.25. The minimum Gasteiger partial charge on any atom is -0.383 e. The van der Waals surface area contributed by atoms with Gasteiger partial charge in [0.05, 0.1) is 0 Å². The highest BCUT2D eigenvalue weighted by Crippen LogP contribution is 2.23. The first kappa shape index (κ1) is 16.1. The molecule has 0 amide bonds. The Kier molecular flexibility index (Phi) is 6.42. The van der Waals surface area contributed by atoms with Crippen molar-refractivity contribution in [3.8, 4) is 0 Å². The number of nitrogens with zero attached hydrogens (tertiary/aromatic N) is 3. The first-order chi connectivity index (χ1) is 9.01. The lowest BCUT2D eigenvalue weighted by Crippen LogP contribution is -2.31. The van der Waals surface area contributed by atoms with E-state index < -0.39 is 0 Å². The van der Waals surface area contributed by atoms with Gasteiger partial charge < -0.3 is 10.6 Å². The summed E-state index contributed by atoms with van der Waals surface area (Å²) in [5.74, 6) is 3.60. The maximum Gasteiger partial charge on any atom is 0.137 e. The molecule has 1 rings (SSSR count). The van der Waals surface area contributed by atoms with Gasteiger partial charge in [0.2, 0.25) is 0 Å². The molecular weight excluding hydrogens is 256 g/mol. The molecule has 0 aromatic carbocycles. The van der Waals surface area contributed by atoms with Crippen molar-refractivity contribution in [2.45, 2.75) is 46.1 Å². The van der Waals surface area contributed by atoms with E-state index in [1.807, 2.05) is 18.7 Å². The number of nitrogen functional groups attached to an aromatic ring is 1. The Balaban J connectivity index is 2.96. The lowest BCUT2D eigenvalue weighted by Gasteiger charge is -2.27. The van der Waals surface area contributed by atoms with Crippen LogP contribution in [0.4, 0.5) is 11.6 Å². The Labute approximate surface area is 121 Å². The summed E-state index contributed by atoms with van der Waals surface area (Å²) in [6.07, 6.45) is 5.20. The second-order valence-corrected chi connectivity index (χ2v) is 5.95. The van der Waals surface area contributed by atoms with Gasteiger partial charge in [0, 0.05) is 25.1 Å². The van der Waals surface area contributed by atoms with Crippen molar-refractivity contribution in [1.29, 1.82) is 0 Å². The van der Waals surface area contributed by atoms with Crippen LogP contribution in [0.25, 0.3) is 0 Å². The third-order valence-corrected chi connectivity index (χ3v) is 4.06. The molecule has 0 saturated heterocycles. The molecule has 2 N–H and O–H groups in total. The lowest BCUT2D eigenvalue weighted by atomic mass is 10.2. The minimum absolute atomic E-state index is 0.454. The number of nitrogens with two attached hydrogens (primary N) is 1. The zero-order valence-electron chi connectivity index (χ0n) is 12.7. The molecule has 0 fully saturated rings. The van der Waals surface area contributed by atoms with Crippen molar-refractivity contribution in [3.05, 3.63) is 11.4 Å². The molecule has 19 heavy (non-hydrogen) atoms. The van der Waals surface area contributed by atoms with E-state index in [1.54, 1.807) is 0 Å². The SMILES string of the molecule is CCCc1nc(N)c(C)c(N(C)C(C)CCSC)n1. The van der Waals surface area contributed by atoms with Gasteiger partial charge in [0.25, 0.3) is 0 Å². The fourth-order valence-corrected chi connectivity index (χ4v) is 2.51. The van der Waals surface area contributed by atoms with Crippen LogP contribution in [0, 0.1) is 6.92 Å². The van der Waals surface area contributed by atoms with Crippen molar-refractivity contribution in [1.82, 2.24) is 9.97 Å².